The lowest BCUT2D eigenvalue weighted by Crippen LogP contribution is -2.64. The quantitative estimate of drug-likeness (QED) is 0.614. The maximum absolute atomic E-state index is 14.3. The highest BCUT2D eigenvalue weighted by Crippen LogP contribution is 2.67. The molecule has 2 unspecified atom stereocenters. The van der Waals surface area contributed by atoms with E-state index in [0.29, 0.717) is 17.1 Å². The van der Waals surface area contributed by atoms with Gasteiger partial charge in [-0.05, 0) is 38.2 Å². The van der Waals surface area contributed by atoms with E-state index in [0.717, 1.165) is 35.4 Å². The van der Waals surface area contributed by atoms with Crippen molar-refractivity contribution in [3.63, 3.8) is 0 Å². The van der Waals surface area contributed by atoms with E-state index in [-0.39, 0.29) is 0 Å². The van der Waals surface area contributed by atoms with Gasteiger partial charge in [0.1, 0.15) is 11.3 Å². The lowest BCUT2D eigenvalue weighted by atomic mass is 9.71. The fourth-order valence-corrected chi connectivity index (χ4v) is 7.60. The second-order valence-corrected chi connectivity index (χ2v) is 10.7. The number of rotatable bonds is 2. The number of likely N-dealkylation sites (tertiary alicyclic amines) is 1. The minimum Gasteiger partial charge on any atom is -0.479 e. The van der Waals surface area contributed by atoms with E-state index >= 15 is 0 Å². The van der Waals surface area contributed by atoms with E-state index < -0.39 is 21.2 Å². The molecule has 0 bridgehead atoms. The molecule has 158 valence electrons. The number of nitrogens with zero attached hydrogens (tertiary/aromatic N) is 2. The Bertz CT molecular complexity index is 1300. The van der Waals surface area contributed by atoms with Gasteiger partial charge in [0, 0.05) is 30.6 Å². The first-order chi connectivity index (χ1) is 14.9. The van der Waals surface area contributed by atoms with Crippen LogP contribution in [0.2, 0.25) is 0 Å². The standard InChI is InChI=1S/C25H24N2O3S/c1-18-11-13-19(14-12-18)31(28,29)27-22-9-5-3-7-20(22)25-15-16-26(2)17-24(25,27)21-8-4-6-10-23(21)30-25/h3-14H,15-17H2,1-2H3. The number of piperidine rings is 1. The third-order valence-corrected chi connectivity index (χ3v) is 8.95. The summed E-state index contributed by atoms with van der Waals surface area (Å²) in [5.74, 6) is 0.774. The van der Waals surface area contributed by atoms with Gasteiger partial charge in [0.15, 0.2) is 5.60 Å². The Morgan fingerprint density at radius 3 is 2.35 bits per heavy atom. The summed E-state index contributed by atoms with van der Waals surface area (Å²) in [6.45, 7) is 3.36. The second kappa shape index (κ2) is 6.11. The molecular formula is C25H24N2O3S. The summed E-state index contributed by atoms with van der Waals surface area (Å²) >= 11 is 0. The molecule has 1 saturated heterocycles. The van der Waals surface area contributed by atoms with Gasteiger partial charge < -0.3 is 9.64 Å². The molecule has 6 rings (SSSR count). The molecule has 31 heavy (non-hydrogen) atoms. The minimum atomic E-state index is -3.85. The molecule has 0 spiro atoms. The molecule has 0 aromatic heterocycles. The molecule has 3 aromatic rings. The van der Waals surface area contributed by atoms with Gasteiger partial charge in [-0.3, -0.25) is 0 Å². The van der Waals surface area contributed by atoms with E-state index in [1.54, 1.807) is 16.4 Å². The summed E-state index contributed by atoms with van der Waals surface area (Å²) in [6.07, 6.45) is 0.717. The maximum Gasteiger partial charge on any atom is 0.265 e. The fraction of sp³-hybridized carbons (Fsp3) is 0.280. The minimum absolute atomic E-state index is 0.302. The molecule has 0 amide bonds. The Hall–Kier alpha value is -2.83. The van der Waals surface area contributed by atoms with Crippen molar-refractivity contribution < 1.29 is 13.2 Å². The third-order valence-electron chi connectivity index (χ3n) is 7.09. The van der Waals surface area contributed by atoms with Crippen LogP contribution in [0.5, 0.6) is 5.75 Å². The van der Waals surface area contributed by atoms with Crippen molar-refractivity contribution in [2.24, 2.45) is 0 Å². The monoisotopic (exact) mass is 432 g/mol. The van der Waals surface area contributed by atoms with Crippen LogP contribution in [0.25, 0.3) is 0 Å². The molecule has 3 heterocycles. The van der Waals surface area contributed by atoms with E-state index in [9.17, 15) is 8.42 Å². The van der Waals surface area contributed by atoms with Crippen LogP contribution in [0.15, 0.2) is 77.7 Å². The van der Waals surface area contributed by atoms with Crippen molar-refractivity contribution in [3.05, 3.63) is 89.5 Å². The smallest absolute Gasteiger partial charge is 0.265 e. The van der Waals surface area contributed by atoms with Crippen molar-refractivity contribution in [2.45, 2.75) is 29.4 Å². The molecule has 6 heteroatoms. The third kappa shape index (κ3) is 2.21. The zero-order chi connectivity index (χ0) is 21.4. The van der Waals surface area contributed by atoms with Gasteiger partial charge in [0.2, 0.25) is 0 Å². The average molecular weight is 433 g/mol. The van der Waals surface area contributed by atoms with Gasteiger partial charge in [-0.25, -0.2) is 12.7 Å². The van der Waals surface area contributed by atoms with Crippen molar-refractivity contribution >= 4 is 15.7 Å². The fourth-order valence-electron chi connectivity index (χ4n) is 5.77. The normalized spacial score (nSPS) is 26.6. The lowest BCUT2D eigenvalue weighted by Gasteiger charge is -2.49. The number of ether oxygens (including phenoxy) is 1. The van der Waals surface area contributed by atoms with Crippen molar-refractivity contribution in [2.75, 3.05) is 24.4 Å². The molecule has 0 saturated carbocycles. The van der Waals surface area contributed by atoms with Gasteiger partial charge in [-0.1, -0.05) is 54.1 Å². The predicted octanol–water partition coefficient (Wildman–Crippen LogP) is 4.02. The molecule has 1 fully saturated rings. The molecule has 5 nitrogen and oxygen atoms in total. The zero-order valence-corrected chi connectivity index (χ0v) is 18.4. The van der Waals surface area contributed by atoms with Crippen LogP contribution in [0.4, 0.5) is 5.69 Å². The Labute approximate surface area is 182 Å². The van der Waals surface area contributed by atoms with Crippen molar-refractivity contribution in [1.29, 1.82) is 0 Å². The van der Waals surface area contributed by atoms with Gasteiger partial charge in [-0.15, -0.1) is 0 Å². The summed E-state index contributed by atoms with van der Waals surface area (Å²) < 4.78 is 36.9. The number of para-hydroxylation sites is 2. The van der Waals surface area contributed by atoms with Crippen LogP contribution in [0, 0.1) is 6.92 Å². The molecule has 2 atom stereocenters. The summed E-state index contributed by atoms with van der Waals surface area (Å²) in [7, 11) is -1.79. The van der Waals surface area contributed by atoms with Gasteiger partial charge in [0.05, 0.1) is 10.6 Å². The number of benzene rings is 3. The number of hydrogen-bond acceptors (Lipinski definition) is 4. The van der Waals surface area contributed by atoms with Crippen molar-refractivity contribution in [3.8, 4) is 5.75 Å². The summed E-state index contributed by atoms with van der Waals surface area (Å²) in [5.41, 5.74) is 2.04. The summed E-state index contributed by atoms with van der Waals surface area (Å²) in [5, 5.41) is 0. The van der Waals surface area contributed by atoms with Crippen LogP contribution in [0.3, 0.4) is 0 Å². The van der Waals surface area contributed by atoms with E-state index in [4.69, 9.17) is 4.74 Å². The molecule has 3 aliphatic rings. The molecule has 0 aliphatic carbocycles. The Balaban J connectivity index is 1.70. The highest BCUT2D eigenvalue weighted by Gasteiger charge is 2.73. The SMILES string of the molecule is Cc1ccc(S(=O)(=O)N2c3ccccc3C34CCN(C)CC23c2ccccc2O4)cc1. The lowest BCUT2D eigenvalue weighted by molar-refractivity contribution is -0.0311. The van der Waals surface area contributed by atoms with Crippen LogP contribution >= 0.6 is 0 Å². The molecule has 0 radical (unpaired) electrons. The number of anilines is 1. The number of fused-ring (bicyclic) bond motifs is 2. The van der Waals surface area contributed by atoms with Gasteiger partial charge >= 0.3 is 0 Å². The molecule has 3 aliphatic heterocycles. The first kappa shape index (κ1) is 18.9. The average Bonchev–Trinajstić information content (AvgIpc) is 3.19. The highest BCUT2D eigenvalue weighted by molar-refractivity contribution is 7.93. The maximum atomic E-state index is 14.3. The highest BCUT2D eigenvalue weighted by atomic mass is 32.2. The summed E-state index contributed by atoms with van der Waals surface area (Å²) in [6, 6.07) is 22.9. The van der Waals surface area contributed by atoms with Crippen LogP contribution in [-0.2, 0) is 21.2 Å². The zero-order valence-electron chi connectivity index (χ0n) is 17.6. The van der Waals surface area contributed by atoms with Crippen molar-refractivity contribution in [1.82, 2.24) is 4.90 Å². The second-order valence-electron chi connectivity index (χ2n) is 8.87. The van der Waals surface area contributed by atoms with E-state index in [1.807, 2.05) is 67.6 Å². The van der Waals surface area contributed by atoms with E-state index in [1.165, 1.54) is 0 Å². The van der Waals surface area contributed by atoms with Crippen LogP contribution in [-0.4, -0.2) is 33.5 Å². The Kier molecular flexibility index (Phi) is 3.73. The van der Waals surface area contributed by atoms with Crippen LogP contribution in [0.1, 0.15) is 23.1 Å². The number of aryl methyl sites for hydroxylation is 1. The Morgan fingerprint density at radius 1 is 0.903 bits per heavy atom. The first-order valence-electron chi connectivity index (χ1n) is 10.6. The first-order valence-corrected chi connectivity index (χ1v) is 12.0. The topological polar surface area (TPSA) is 49.9 Å². The van der Waals surface area contributed by atoms with Crippen LogP contribution < -0.4 is 9.04 Å². The Morgan fingerprint density at radius 2 is 1.58 bits per heavy atom. The van der Waals surface area contributed by atoms with Gasteiger partial charge in [-0.2, -0.15) is 0 Å². The molecular weight excluding hydrogens is 408 g/mol. The number of sulfonamides is 1. The number of likely N-dealkylation sites (N-methyl/N-ethyl adjacent to an activating group) is 1. The molecule has 0 N–H and O–H groups in total. The number of hydrogen-bond donors (Lipinski definition) is 0. The van der Waals surface area contributed by atoms with E-state index in [2.05, 4.69) is 11.9 Å². The predicted molar refractivity (Wildman–Crippen MR) is 120 cm³/mol. The summed E-state index contributed by atoms with van der Waals surface area (Å²) in [4.78, 5) is 2.52. The largest absolute Gasteiger partial charge is 0.479 e. The van der Waals surface area contributed by atoms with Gasteiger partial charge in [0.25, 0.3) is 10.0 Å². The molecule has 3 aromatic carbocycles.